The fraction of sp³-hybridized carbons (Fsp3) is 0.375. The van der Waals surface area contributed by atoms with Crippen LogP contribution >= 0.6 is 0 Å². The summed E-state index contributed by atoms with van der Waals surface area (Å²) in [7, 11) is 4.84. The summed E-state index contributed by atoms with van der Waals surface area (Å²) in [6.07, 6.45) is 2.28. The molecule has 1 aromatic heterocycles. The standard InChI is InChI=1S/C16H18N6O3/c1-21-9-12-15(19-21)11(18-20-17)6-7-22(12)16(23)10-4-5-13(24-2)14(8-10)25-3/h4-5,8-9,11H,6-7H2,1-3H3. The molecule has 0 radical (unpaired) electrons. The average Bonchev–Trinajstić information content (AvgIpc) is 3.02. The van der Waals surface area contributed by atoms with Crippen molar-refractivity contribution < 1.29 is 14.3 Å². The van der Waals surface area contributed by atoms with Crippen molar-refractivity contribution in [1.82, 2.24) is 9.78 Å². The first-order valence-electron chi connectivity index (χ1n) is 7.70. The molecule has 9 heteroatoms. The van der Waals surface area contributed by atoms with Crippen LogP contribution in [-0.4, -0.2) is 36.5 Å². The van der Waals surface area contributed by atoms with Crippen LogP contribution in [0.5, 0.6) is 11.5 Å². The number of nitrogens with zero attached hydrogens (tertiary/aromatic N) is 6. The highest BCUT2D eigenvalue weighted by atomic mass is 16.5. The third-order valence-corrected chi connectivity index (χ3v) is 4.14. The molecular formula is C16H18N6O3. The third kappa shape index (κ3) is 2.97. The molecule has 0 spiro atoms. The van der Waals surface area contributed by atoms with Gasteiger partial charge in [0.05, 0.1) is 31.6 Å². The molecule has 0 saturated heterocycles. The number of hydrogen-bond donors (Lipinski definition) is 0. The fourth-order valence-electron chi connectivity index (χ4n) is 2.96. The van der Waals surface area contributed by atoms with E-state index in [1.807, 2.05) is 0 Å². The number of aromatic nitrogens is 2. The molecule has 1 amide bonds. The highest BCUT2D eigenvalue weighted by Crippen LogP contribution is 2.36. The van der Waals surface area contributed by atoms with E-state index in [0.29, 0.717) is 41.4 Å². The Morgan fingerprint density at radius 2 is 2.12 bits per heavy atom. The van der Waals surface area contributed by atoms with Gasteiger partial charge in [-0.3, -0.25) is 9.48 Å². The summed E-state index contributed by atoms with van der Waals surface area (Å²) in [6.45, 7) is 0.440. The summed E-state index contributed by atoms with van der Waals surface area (Å²) in [5.41, 5.74) is 10.5. The molecule has 1 unspecified atom stereocenters. The summed E-state index contributed by atoms with van der Waals surface area (Å²) >= 11 is 0. The largest absolute Gasteiger partial charge is 0.493 e. The summed E-state index contributed by atoms with van der Waals surface area (Å²) in [5.74, 6) is 0.876. The average molecular weight is 342 g/mol. The van der Waals surface area contributed by atoms with Gasteiger partial charge in [0, 0.05) is 30.3 Å². The number of carbonyl (C=O) groups excluding carboxylic acids is 1. The Labute approximate surface area is 144 Å². The van der Waals surface area contributed by atoms with Crippen LogP contribution in [0.15, 0.2) is 29.5 Å². The van der Waals surface area contributed by atoms with Crippen LogP contribution in [-0.2, 0) is 7.05 Å². The summed E-state index contributed by atoms with van der Waals surface area (Å²) in [5, 5.41) is 8.14. The van der Waals surface area contributed by atoms with Crippen LogP contribution in [0.25, 0.3) is 10.4 Å². The van der Waals surface area contributed by atoms with Crippen LogP contribution in [0.2, 0.25) is 0 Å². The molecule has 0 saturated carbocycles. The number of amides is 1. The number of rotatable bonds is 4. The second kappa shape index (κ2) is 6.74. The van der Waals surface area contributed by atoms with E-state index in [1.54, 1.807) is 48.1 Å². The third-order valence-electron chi connectivity index (χ3n) is 4.14. The van der Waals surface area contributed by atoms with Crippen molar-refractivity contribution in [2.75, 3.05) is 25.7 Å². The van der Waals surface area contributed by atoms with Crippen LogP contribution < -0.4 is 14.4 Å². The molecule has 0 fully saturated rings. The van der Waals surface area contributed by atoms with Crippen molar-refractivity contribution in [1.29, 1.82) is 0 Å². The van der Waals surface area contributed by atoms with Crippen molar-refractivity contribution in [3.8, 4) is 11.5 Å². The van der Waals surface area contributed by atoms with Gasteiger partial charge in [-0.25, -0.2) is 0 Å². The van der Waals surface area contributed by atoms with Gasteiger partial charge in [0.15, 0.2) is 11.5 Å². The molecular weight excluding hydrogens is 324 g/mol. The van der Waals surface area contributed by atoms with Gasteiger partial charge in [-0.15, -0.1) is 0 Å². The van der Waals surface area contributed by atoms with Crippen molar-refractivity contribution in [2.24, 2.45) is 12.2 Å². The Hall–Kier alpha value is -3.19. The van der Waals surface area contributed by atoms with Crippen molar-refractivity contribution in [3.63, 3.8) is 0 Å². The van der Waals surface area contributed by atoms with Crippen LogP contribution in [0, 0.1) is 0 Å². The van der Waals surface area contributed by atoms with E-state index in [-0.39, 0.29) is 11.9 Å². The Balaban J connectivity index is 1.97. The zero-order chi connectivity index (χ0) is 18.0. The Kier molecular flexibility index (Phi) is 4.49. The van der Waals surface area contributed by atoms with E-state index < -0.39 is 0 Å². The zero-order valence-electron chi connectivity index (χ0n) is 14.2. The fourth-order valence-corrected chi connectivity index (χ4v) is 2.96. The maximum atomic E-state index is 13.0. The van der Waals surface area contributed by atoms with Crippen LogP contribution in [0.1, 0.15) is 28.5 Å². The van der Waals surface area contributed by atoms with Gasteiger partial charge < -0.3 is 14.4 Å². The lowest BCUT2D eigenvalue weighted by Gasteiger charge is -2.29. The minimum atomic E-state index is -0.365. The summed E-state index contributed by atoms with van der Waals surface area (Å²) in [4.78, 5) is 17.5. The summed E-state index contributed by atoms with van der Waals surface area (Å²) < 4.78 is 12.1. The predicted molar refractivity (Wildman–Crippen MR) is 90.9 cm³/mol. The maximum Gasteiger partial charge on any atom is 0.258 e. The quantitative estimate of drug-likeness (QED) is 0.484. The number of benzene rings is 1. The molecule has 3 rings (SSSR count). The highest BCUT2D eigenvalue weighted by molar-refractivity contribution is 6.07. The Morgan fingerprint density at radius 1 is 1.36 bits per heavy atom. The normalized spacial score (nSPS) is 16.0. The van der Waals surface area contributed by atoms with Crippen molar-refractivity contribution in [2.45, 2.75) is 12.5 Å². The number of methoxy groups -OCH3 is 2. The van der Waals surface area contributed by atoms with E-state index >= 15 is 0 Å². The van der Waals surface area contributed by atoms with E-state index in [4.69, 9.17) is 15.0 Å². The maximum absolute atomic E-state index is 13.0. The first-order valence-corrected chi connectivity index (χ1v) is 7.70. The number of azide groups is 1. The van der Waals surface area contributed by atoms with Crippen LogP contribution in [0.4, 0.5) is 5.69 Å². The smallest absolute Gasteiger partial charge is 0.258 e. The number of anilines is 1. The second-order valence-corrected chi connectivity index (χ2v) is 5.61. The molecule has 1 aliphatic rings. The van der Waals surface area contributed by atoms with Gasteiger partial charge in [-0.2, -0.15) is 5.10 Å². The van der Waals surface area contributed by atoms with Gasteiger partial charge in [0.2, 0.25) is 0 Å². The lowest BCUT2D eigenvalue weighted by molar-refractivity contribution is 0.0983. The zero-order valence-corrected chi connectivity index (χ0v) is 14.2. The molecule has 2 aromatic rings. The molecule has 2 heterocycles. The second-order valence-electron chi connectivity index (χ2n) is 5.61. The van der Waals surface area contributed by atoms with Crippen LogP contribution in [0.3, 0.4) is 0 Å². The van der Waals surface area contributed by atoms with Gasteiger partial charge in [0.1, 0.15) is 0 Å². The van der Waals surface area contributed by atoms with E-state index in [2.05, 4.69) is 15.1 Å². The first kappa shape index (κ1) is 16.7. The van der Waals surface area contributed by atoms with Gasteiger partial charge in [0.25, 0.3) is 5.91 Å². The van der Waals surface area contributed by atoms with Crippen molar-refractivity contribution >= 4 is 11.6 Å². The lowest BCUT2D eigenvalue weighted by atomic mass is 10.0. The molecule has 0 aliphatic carbocycles. The molecule has 130 valence electrons. The lowest BCUT2D eigenvalue weighted by Crippen LogP contribution is -2.36. The SMILES string of the molecule is COc1ccc(C(=O)N2CCC(N=[N+]=[N-])c3nn(C)cc32)cc1OC. The number of carbonyl (C=O) groups is 1. The predicted octanol–water partition coefficient (Wildman–Crippen LogP) is 2.84. The van der Waals surface area contributed by atoms with E-state index in [9.17, 15) is 4.79 Å². The van der Waals surface area contributed by atoms with Gasteiger partial charge in [-0.1, -0.05) is 5.11 Å². The van der Waals surface area contributed by atoms with E-state index in [1.165, 1.54) is 7.11 Å². The van der Waals surface area contributed by atoms with Gasteiger partial charge in [-0.05, 0) is 30.2 Å². The minimum absolute atomic E-state index is 0.172. The molecule has 9 nitrogen and oxygen atoms in total. The monoisotopic (exact) mass is 342 g/mol. The van der Waals surface area contributed by atoms with Crippen molar-refractivity contribution in [3.05, 3.63) is 46.1 Å². The Bertz CT molecular complexity index is 856. The first-order chi connectivity index (χ1) is 12.1. The number of fused-ring (bicyclic) bond motifs is 1. The highest BCUT2D eigenvalue weighted by Gasteiger charge is 2.31. The number of ether oxygens (including phenoxy) is 2. The molecule has 1 aromatic carbocycles. The number of aryl methyl sites for hydroxylation is 1. The molecule has 0 N–H and O–H groups in total. The molecule has 1 aliphatic heterocycles. The molecule has 25 heavy (non-hydrogen) atoms. The number of hydrogen-bond acceptors (Lipinski definition) is 5. The van der Waals surface area contributed by atoms with Gasteiger partial charge >= 0.3 is 0 Å². The topological polar surface area (TPSA) is 105 Å². The molecule has 1 atom stereocenters. The minimum Gasteiger partial charge on any atom is -0.493 e. The van der Waals surface area contributed by atoms with E-state index in [0.717, 1.165) is 0 Å². The Morgan fingerprint density at radius 3 is 2.80 bits per heavy atom. The molecule has 0 bridgehead atoms. The summed E-state index contributed by atoms with van der Waals surface area (Å²) in [6, 6.07) is 4.68.